The number of hydrogen-bond acceptors (Lipinski definition) is 6. The fourth-order valence-corrected chi connectivity index (χ4v) is 9.34. The summed E-state index contributed by atoms with van der Waals surface area (Å²) in [5.74, 6) is -1.64. The van der Waals surface area contributed by atoms with Crippen molar-refractivity contribution in [3.05, 3.63) is 24.3 Å². The van der Waals surface area contributed by atoms with Crippen LogP contribution in [0.2, 0.25) is 0 Å². The second-order valence-electron chi connectivity index (χ2n) is 11.2. The van der Waals surface area contributed by atoms with E-state index in [9.17, 15) is 19.5 Å². The number of aliphatic hydroxyl groups excluding tert-OH is 1. The van der Waals surface area contributed by atoms with E-state index in [4.69, 9.17) is 4.74 Å². The summed E-state index contributed by atoms with van der Waals surface area (Å²) in [6.45, 7) is 3.54. The molecule has 5 rings (SSSR count). The average Bonchev–Trinajstić information content (AvgIpc) is 3.21. The second-order valence-corrected chi connectivity index (χ2v) is 13.0. The average molecular weight is 517 g/mol. The van der Waals surface area contributed by atoms with Gasteiger partial charge in [-0.25, -0.2) is 0 Å². The van der Waals surface area contributed by atoms with Crippen molar-refractivity contribution in [2.24, 2.45) is 11.8 Å². The molecule has 1 aliphatic carbocycles. The maximum absolute atomic E-state index is 14.4. The minimum absolute atomic E-state index is 0.0323. The molecule has 5 atom stereocenters. The van der Waals surface area contributed by atoms with Crippen LogP contribution in [0.25, 0.3) is 0 Å². The van der Waals surface area contributed by atoms with E-state index in [1.54, 1.807) is 16.7 Å². The molecule has 0 aromatic carbocycles. The van der Waals surface area contributed by atoms with Crippen molar-refractivity contribution in [1.82, 2.24) is 9.80 Å². The van der Waals surface area contributed by atoms with Gasteiger partial charge in [-0.3, -0.25) is 14.4 Å². The van der Waals surface area contributed by atoms with Crippen LogP contribution in [0.4, 0.5) is 0 Å². The Morgan fingerprint density at radius 3 is 2.58 bits per heavy atom. The second kappa shape index (κ2) is 10.5. The summed E-state index contributed by atoms with van der Waals surface area (Å²) in [4.78, 5) is 45.9. The number of rotatable bonds is 6. The van der Waals surface area contributed by atoms with Gasteiger partial charge in [-0.05, 0) is 51.9 Å². The molecule has 4 heterocycles. The predicted octanol–water partition coefficient (Wildman–Crippen LogP) is 3.46. The van der Waals surface area contributed by atoms with Crippen LogP contribution in [0.5, 0.6) is 0 Å². The lowest BCUT2D eigenvalue weighted by Gasteiger charge is -2.40. The SMILES string of the molecule is C[C@]12/C=C\CCCOC(=O)[C@H]1[C@H]1C(=O)N(CCCCCO)C3C(=O)N(C4CCCCC4)CC=C[C@@]31S2. The molecule has 2 amide bonds. The van der Waals surface area contributed by atoms with E-state index < -0.39 is 27.4 Å². The van der Waals surface area contributed by atoms with E-state index in [2.05, 4.69) is 24.3 Å². The number of hydrogen-bond donors (Lipinski definition) is 1. The monoisotopic (exact) mass is 516 g/mol. The zero-order valence-corrected chi connectivity index (χ0v) is 22.2. The maximum atomic E-state index is 14.4. The number of esters is 1. The summed E-state index contributed by atoms with van der Waals surface area (Å²) in [5, 5.41) is 9.23. The van der Waals surface area contributed by atoms with Crippen LogP contribution in [0, 0.1) is 11.8 Å². The first-order valence-corrected chi connectivity index (χ1v) is 14.7. The van der Waals surface area contributed by atoms with Gasteiger partial charge in [0.05, 0.1) is 23.2 Å². The standard InChI is InChI=1S/C28H40N2O5S/c1-27-14-7-3-10-19-35-26(34)22(27)21-24(32)30(16-8-4-9-18-31)23-25(33)29(20-12-5-2-6-13-20)17-11-15-28(21,23)36-27/h7,11,14-15,20-23,31H,2-6,8-10,12-13,16-19H2,1H3/b14-7-/t21-,22+,23?,27-,28-/m0/s1. The molecular weight excluding hydrogens is 476 g/mol. The molecule has 2 saturated heterocycles. The predicted molar refractivity (Wildman–Crippen MR) is 139 cm³/mol. The number of amides is 2. The Balaban J connectivity index is 1.56. The first kappa shape index (κ1) is 25.8. The summed E-state index contributed by atoms with van der Waals surface area (Å²) in [6, 6.07) is -0.413. The number of fused-ring (bicyclic) bond motifs is 2. The molecule has 1 N–H and O–H groups in total. The third kappa shape index (κ3) is 4.32. The Bertz CT molecular complexity index is 931. The zero-order chi connectivity index (χ0) is 25.3. The van der Waals surface area contributed by atoms with Crippen molar-refractivity contribution in [3.63, 3.8) is 0 Å². The summed E-state index contributed by atoms with van der Waals surface area (Å²) >= 11 is 1.63. The summed E-state index contributed by atoms with van der Waals surface area (Å²) in [7, 11) is 0. The number of allylic oxidation sites excluding steroid dienone is 1. The number of thioether (sulfide) groups is 1. The Morgan fingerprint density at radius 1 is 1.00 bits per heavy atom. The van der Waals surface area contributed by atoms with Crippen LogP contribution in [0.1, 0.15) is 71.1 Å². The summed E-state index contributed by atoms with van der Waals surface area (Å²) in [5.41, 5.74) is 0. The van der Waals surface area contributed by atoms with E-state index >= 15 is 0 Å². The minimum atomic E-state index is -0.795. The van der Waals surface area contributed by atoms with E-state index in [-0.39, 0.29) is 30.4 Å². The largest absolute Gasteiger partial charge is 0.465 e. The third-order valence-corrected chi connectivity index (χ3v) is 10.7. The van der Waals surface area contributed by atoms with Crippen LogP contribution >= 0.6 is 11.8 Å². The Morgan fingerprint density at radius 2 is 1.81 bits per heavy atom. The summed E-state index contributed by atoms with van der Waals surface area (Å²) < 4.78 is 4.27. The van der Waals surface area contributed by atoms with Gasteiger partial charge in [-0.2, -0.15) is 0 Å². The number of aliphatic hydroxyl groups is 1. The summed E-state index contributed by atoms with van der Waals surface area (Å²) in [6.07, 6.45) is 17.7. The smallest absolute Gasteiger partial charge is 0.311 e. The van der Waals surface area contributed by atoms with Crippen molar-refractivity contribution in [3.8, 4) is 0 Å². The molecule has 1 spiro atoms. The maximum Gasteiger partial charge on any atom is 0.311 e. The molecule has 198 valence electrons. The van der Waals surface area contributed by atoms with Gasteiger partial charge in [0.25, 0.3) is 0 Å². The van der Waals surface area contributed by atoms with Crippen LogP contribution in [-0.4, -0.2) is 80.6 Å². The molecule has 0 bridgehead atoms. The first-order valence-electron chi connectivity index (χ1n) is 13.9. The molecule has 3 fully saturated rings. The molecule has 7 nitrogen and oxygen atoms in total. The lowest BCUT2D eigenvalue weighted by Crippen LogP contribution is -2.55. The fourth-order valence-electron chi connectivity index (χ4n) is 7.18. The number of unbranched alkanes of at least 4 members (excludes halogenated alkanes) is 2. The number of ether oxygens (including phenoxy) is 1. The van der Waals surface area contributed by atoms with E-state index in [1.807, 2.05) is 11.8 Å². The van der Waals surface area contributed by atoms with Crippen LogP contribution < -0.4 is 0 Å². The molecule has 4 aliphatic heterocycles. The Labute approximate surface area is 218 Å². The highest BCUT2D eigenvalue weighted by Crippen LogP contribution is 2.65. The normalized spacial score (nSPS) is 37.9. The molecule has 0 aromatic heterocycles. The number of likely N-dealkylation sites (tertiary alicyclic amines) is 1. The van der Waals surface area contributed by atoms with Gasteiger partial charge in [-0.15, -0.1) is 11.8 Å². The van der Waals surface area contributed by atoms with Crippen LogP contribution in [0.15, 0.2) is 24.3 Å². The molecule has 1 unspecified atom stereocenters. The van der Waals surface area contributed by atoms with Gasteiger partial charge in [-0.1, -0.05) is 43.6 Å². The highest BCUT2D eigenvalue weighted by molar-refractivity contribution is 8.02. The first-order chi connectivity index (χ1) is 17.4. The molecule has 0 radical (unpaired) electrons. The van der Waals surface area contributed by atoms with E-state index in [1.165, 1.54) is 6.42 Å². The van der Waals surface area contributed by atoms with E-state index in [0.717, 1.165) is 51.4 Å². The van der Waals surface area contributed by atoms with Gasteiger partial charge in [0.2, 0.25) is 11.8 Å². The Hall–Kier alpha value is -1.80. The zero-order valence-electron chi connectivity index (χ0n) is 21.4. The number of nitrogens with zero attached hydrogens (tertiary/aromatic N) is 2. The van der Waals surface area contributed by atoms with Crippen molar-refractivity contribution in [1.29, 1.82) is 0 Å². The van der Waals surface area contributed by atoms with E-state index in [0.29, 0.717) is 26.1 Å². The minimum Gasteiger partial charge on any atom is -0.465 e. The fraction of sp³-hybridized carbons (Fsp3) is 0.750. The van der Waals surface area contributed by atoms with Gasteiger partial charge in [0.1, 0.15) is 6.04 Å². The number of cyclic esters (lactones) is 1. The molecule has 8 heteroatoms. The molecular formula is C28H40N2O5S. The van der Waals surface area contributed by atoms with Crippen LogP contribution in [0.3, 0.4) is 0 Å². The highest BCUT2D eigenvalue weighted by Gasteiger charge is 2.73. The molecule has 36 heavy (non-hydrogen) atoms. The van der Waals surface area contributed by atoms with Crippen molar-refractivity contribution in [2.45, 2.75) is 92.7 Å². The lowest BCUT2D eigenvalue weighted by molar-refractivity contribution is -0.154. The number of carbonyl (C=O) groups is 3. The third-order valence-electron chi connectivity index (χ3n) is 8.85. The highest BCUT2D eigenvalue weighted by atomic mass is 32.2. The molecule has 1 saturated carbocycles. The van der Waals surface area contributed by atoms with Gasteiger partial charge >= 0.3 is 5.97 Å². The molecule has 0 aromatic rings. The Kier molecular flexibility index (Phi) is 7.55. The van der Waals surface area contributed by atoms with Crippen molar-refractivity contribution in [2.75, 3.05) is 26.3 Å². The molecule has 5 aliphatic rings. The van der Waals surface area contributed by atoms with Crippen molar-refractivity contribution < 1.29 is 24.2 Å². The van der Waals surface area contributed by atoms with Gasteiger partial charge < -0.3 is 19.6 Å². The topological polar surface area (TPSA) is 87.1 Å². The lowest BCUT2D eigenvalue weighted by atomic mass is 9.74. The van der Waals surface area contributed by atoms with Crippen LogP contribution in [-0.2, 0) is 19.1 Å². The van der Waals surface area contributed by atoms with Crippen molar-refractivity contribution >= 4 is 29.5 Å². The van der Waals surface area contributed by atoms with Gasteiger partial charge in [0, 0.05) is 30.5 Å². The number of carbonyl (C=O) groups excluding carboxylic acids is 3. The van der Waals surface area contributed by atoms with Gasteiger partial charge in [0.15, 0.2) is 0 Å². The quantitative estimate of drug-likeness (QED) is 0.331.